The molecule has 7 aliphatic rings. The molecule has 71 heavy (non-hydrogen) atoms. The zero-order valence-electron chi connectivity index (χ0n) is 40.2. The molecular weight excluding hydrogens is 903 g/mol. The number of imide groups is 2. The van der Waals surface area contributed by atoms with E-state index in [2.05, 4.69) is 30.2 Å². The van der Waals surface area contributed by atoms with E-state index in [0.29, 0.717) is 46.0 Å². The maximum atomic E-state index is 13.8. The highest BCUT2D eigenvalue weighted by molar-refractivity contribution is 6.23. The highest BCUT2D eigenvalue weighted by atomic mass is 16.5. The van der Waals surface area contributed by atoms with Crippen LogP contribution in [0.2, 0.25) is 0 Å². The molecule has 0 spiro atoms. The van der Waals surface area contributed by atoms with E-state index >= 15 is 0 Å². The lowest BCUT2D eigenvalue weighted by molar-refractivity contribution is -0.136. The zero-order chi connectivity index (χ0) is 48.8. The SMILES string of the molecule is NC(=O)c1c(-c2ccc(Oc3ccccc3)cc2)nn2c1NCCC2C1CCN(CC2CCN(C(=O)N3CCN(C4CCN(c5ccc6c(c5)C(=O)N(C5CCC(=O)NC5=O)C6=O)CC4)CC3)CC2)CC1. The van der Waals surface area contributed by atoms with Gasteiger partial charge in [0.25, 0.3) is 17.7 Å². The fourth-order valence-corrected chi connectivity index (χ4v) is 12.3. The number of primary amides is 1. The molecule has 11 rings (SSSR count). The van der Waals surface area contributed by atoms with Gasteiger partial charge in [-0.15, -0.1) is 0 Å². The maximum absolute atomic E-state index is 13.8. The molecule has 0 radical (unpaired) electrons. The number of ether oxygens (including phenoxy) is 1. The fraction of sp³-hybridized carbons (Fsp3) is 0.491. The minimum atomic E-state index is -0.981. The van der Waals surface area contributed by atoms with Gasteiger partial charge >= 0.3 is 6.03 Å². The normalized spacial score (nSPS) is 23.1. The molecule has 5 fully saturated rings. The lowest BCUT2D eigenvalue weighted by Gasteiger charge is -2.45. The van der Waals surface area contributed by atoms with Crippen molar-refractivity contribution in [3.63, 3.8) is 0 Å². The number of anilines is 2. The van der Waals surface area contributed by atoms with Crippen LogP contribution in [0, 0.1) is 11.8 Å². The van der Waals surface area contributed by atoms with Gasteiger partial charge in [0.05, 0.1) is 17.2 Å². The third kappa shape index (κ3) is 9.34. The quantitative estimate of drug-likeness (QED) is 0.180. The third-order valence-electron chi connectivity index (χ3n) is 16.2. The number of rotatable bonds is 10. The van der Waals surface area contributed by atoms with Crippen molar-refractivity contribution in [2.45, 2.75) is 75.9 Å². The average Bonchev–Trinajstić information content (AvgIpc) is 3.91. The zero-order valence-corrected chi connectivity index (χ0v) is 40.2. The molecule has 2 unspecified atom stereocenters. The van der Waals surface area contributed by atoms with Crippen molar-refractivity contribution in [3.8, 4) is 22.8 Å². The van der Waals surface area contributed by atoms with E-state index in [-0.39, 0.29) is 24.9 Å². The lowest BCUT2D eigenvalue weighted by atomic mass is 9.86. The summed E-state index contributed by atoms with van der Waals surface area (Å²) in [7, 11) is 0. The van der Waals surface area contributed by atoms with Crippen molar-refractivity contribution >= 4 is 47.1 Å². The molecule has 0 bridgehead atoms. The molecule has 7 aliphatic heterocycles. The van der Waals surface area contributed by atoms with Crippen LogP contribution in [-0.4, -0.2) is 160 Å². The number of nitrogens with one attached hydrogen (secondary N) is 2. The van der Waals surface area contributed by atoms with Gasteiger partial charge in [0, 0.05) is 89.2 Å². The van der Waals surface area contributed by atoms with E-state index in [1.165, 1.54) is 0 Å². The van der Waals surface area contributed by atoms with E-state index in [9.17, 15) is 28.8 Å². The topological polar surface area (TPSA) is 199 Å². The number of aromatic nitrogens is 2. The summed E-state index contributed by atoms with van der Waals surface area (Å²) in [6.45, 7) is 10.2. The minimum Gasteiger partial charge on any atom is -0.457 e. The van der Waals surface area contributed by atoms with E-state index in [1.54, 1.807) is 12.1 Å². The molecule has 0 saturated carbocycles. The van der Waals surface area contributed by atoms with Gasteiger partial charge in [0.2, 0.25) is 11.8 Å². The summed E-state index contributed by atoms with van der Waals surface area (Å²) >= 11 is 0. The maximum Gasteiger partial charge on any atom is 0.320 e. The van der Waals surface area contributed by atoms with Crippen LogP contribution in [0.1, 0.15) is 94.9 Å². The highest BCUT2D eigenvalue weighted by Crippen LogP contribution is 2.41. The predicted molar refractivity (Wildman–Crippen MR) is 265 cm³/mol. The van der Waals surface area contributed by atoms with Crippen molar-refractivity contribution in [3.05, 3.63) is 89.5 Å². The molecule has 5 saturated heterocycles. The number of hydrogen-bond donors (Lipinski definition) is 3. The smallest absolute Gasteiger partial charge is 0.320 e. The number of benzene rings is 3. The van der Waals surface area contributed by atoms with Crippen LogP contribution < -0.4 is 26.0 Å². The number of piperazine rings is 1. The van der Waals surface area contributed by atoms with Crippen molar-refractivity contribution in [2.75, 3.05) is 88.8 Å². The average molecular weight is 966 g/mol. The van der Waals surface area contributed by atoms with Crippen LogP contribution in [0.5, 0.6) is 11.5 Å². The first-order chi connectivity index (χ1) is 34.6. The fourth-order valence-electron chi connectivity index (χ4n) is 12.3. The number of urea groups is 1. The molecule has 4 aromatic rings. The molecule has 18 heteroatoms. The highest BCUT2D eigenvalue weighted by Gasteiger charge is 2.45. The largest absolute Gasteiger partial charge is 0.457 e. The lowest BCUT2D eigenvalue weighted by Crippen LogP contribution is -2.57. The summed E-state index contributed by atoms with van der Waals surface area (Å²) in [5, 5.41) is 10.8. The van der Waals surface area contributed by atoms with E-state index in [0.717, 1.165) is 151 Å². The number of piperidine rings is 4. The first-order valence-electron chi connectivity index (χ1n) is 25.7. The first-order valence-corrected chi connectivity index (χ1v) is 25.7. The number of carbonyl (C=O) groups excluding carboxylic acids is 6. The Kier molecular flexibility index (Phi) is 13.0. The molecule has 8 heterocycles. The molecule has 0 aliphatic carbocycles. The molecule has 4 N–H and O–H groups in total. The number of nitrogens with zero attached hydrogens (tertiary/aromatic N) is 8. The van der Waals surface area contributed by atoms with Crippen molar-refractivity contribution < 1.29 is 33.5 Å². The van der Waals surface area contributed by atoms with Crippen LogP contribution in [-0.2, 0) is 9.59 Å². The number of nitrogens with two attached hydrogens (primary N) is 1. The van der Waals surface area contributed by atoms with Crippen LogP contribution in [0.3, 0.4) is 0 Å². The summed E-state index contributed by atoms with van der Waals surface area (Å²) in [5.41, 5.74) is 9.33. The number of para-hydroxylation sites is 1. The van der Waals surface area contributed by atoms with Crippen LogP contribution in [0.25, 0.3) is 11.3 Å². The third-order valence-corrected chi connectivity index (χ3v) is 16.2. The first kappa shape index (κ1) is 46.6. The second-order valence-electron chi connectivity index (χ2n) is 20.4. The Labute approximate surface area is 413 Å². The minimum absolute atomic E-state index is 0.0871. The van der Waals surface area contributed by atoms with Crippen LogP contribution >= 0.6 is 0 Å². The Hall–Kier alpha value is -6.79. The van der Waals surface area contributed by atoms with E-state index in [4.69, 9.17) is 15.6 Å². The Morgan fingerprint density at radius 1 is 0.704 bits per heavy atom. The molecule has 372 valence electrons. The van der Waals surface area contributed by atoms with Gasteiger partial charge in [0.1, 0.15) is 34.6 Å². The van der Waals surface area contributed by atoms with Gasteiger partial charge < -0.3 is 35.4 Å². The molecule has 2 atom stereocenters. The van der Waals surface area contributed by atoms with Gasteiger partial charge in [-0.1, -0.05) is 18.2 Å². The van der Waals surface area contributed by atoms with Gasteiger partial charge in [-0.25, -0.2) is 9.48 Å². The van der Waals surface area contributed by atoms with Gasteiger partial charge in [-0.05, 0) is 131 Å². The second kappa shape index (κ2) is 19.8. The Bertz CT molecular complexity index is 2680. The van der Waals surface area contributed by atoms with Crippen LogP contribution in [0.4, 0.5) is 16.3 Å². The molecule has 3 aromatic carbocycles. The number of hydrogen-bond acceptors (Lipinski definition) is 12. The van der Waals surface area contributed by atoms with Crippen molar-refractivity contribution in [2.24, 2.45) is 17.6 Å². The molecule has 1 aromatic heterocycles. The standard InChI is InChI=1S/C53H63N11O7/c54-48(66)46-47(36-6-9-40(10-7-36)71-39-4-2-1-3-5-39)57-64-43(14-21-55-49(46)64)35-17-22-58(23-18-35)33-34-15-24-61(25-16-34)53(70)62-30-28-60(29-31-62)37-19-26-59(27-20-37)38-8-11-41-42(32-38)52(69)63(51(41)68)44-12-13-45(65)56-50(44)67/h1-11,32,34-35,37,43-44,55H,12-31,33H2,(H2,54,66)(H,56,65,67). The summed E-state index contributed by atoms with van der Waals surface area (Å²) in [6, 6.07) is 22.4. The summed E-state index contributed by atoms with van der Waals surface area (Å²) < 4.78 is 8.04. The van der Waals surface area contributed by atoms with E-state index < -0.39 is 35.6 Å². The summed E-state index contributed by atoms with van der Waals surface area (Å²) in [6.07, 6.45) is 7.22. The molecule has 18 nitrogen and oxygen atoms in total. The second-order valence-corrected chi connectivity index (χ2v) is 20.4. The monoisotopic (exact) mass is 965 g/mol. The van der Waals surface area contributed by atoms with Gasteiger partial charge in [0.15, 0.2) is 0 Å². The Balaban J connectivity index is 0.613. The summed E-state index contributed by atoms with van der Waals surface area (Å²) in [5.74, 6) is 0.697. The van der Waals surface area contributed by atoms with Gasteiger partial charge in [-0.3, -0.25) is 39.1 Å². The van der Waals surface area contributed by atoms with Crippen LogP contribution in [0.15, 0.2) is 72.8 Å². The van der Waals surface area contributed by atoms with Gasteiger partial charge in [-0.2, -0.15) is 5.10 Å². The Morgan fingerprint density at radius 3 is 2.10 bits per heavy atom. The number of carbonyl (C=O) groups is 6. The van der Waals surface area contributed by atoms with Crippen molar-refractivity contribution in [1.82, 2.24) is 39.6 Å². The number of fused-ring (bicyclic) bond motifs is 2. The van der Waals surface area contributed by atoms with Crippen molar-refractivity contribution in [1.29, 1.82) is 0 Å². The molecule has 7 amide bonds. The Morgan fingerprint density at radius 2 is 1.39 bits per heavy atom. The molecular formula is C53H63N11O7. The number of amides is 7. The number of likely N-dealkylation sites (tertiary alicyclic amines) is 2. The summed E-state index contributed by atoms with van der Waals surface area (Å²) in [4.78, 5) is 90.0. The predicted octanol–water partition coefficient (Wildman–Crippen LogP) is 5.03. The van der Waals surface area contributed by atoms with E-state index in [1.807, 2.05) is 70.2 Å².